The van der Waals surface area contributed by atoms with Crippen molar-refractivity contribution in [1.29, 1.82) is 0 Å². The Balaban J connectivity index is 2.25. The number of carbonyl (C=O) groups excluding carboxylic acids is 1. The first-order valence-corrected chi connectivity index (χ1v) is 8.69. The van der Waals surface area contributed by atoms with Gasteiger partial charge in [-0.05, 0) is 34.3 Å². The second-order valence-electron chi connectivity index (χ2n) is 6.21. The molecule has 0 fully saturated rings. The van der Waals surface area contributed by atoms with Crippen LogP contribution in [0.25, 0.3) is 0 Å². The summed E-state index contributed by atoms with van der Waals surface area (Å²) in [5.41, 5.74) is 2.25. The maximum absolute atomic E-state index is 13.1. The average molecular weight is 388 g/mol. The molecule has 4 nitrogen and oxygen atoms in total. The third kappa shape index (κ3) is 4.48. The number of hydrogen-bond donors (Lipinski definition) is 0. The average Bonchev–Trinajstić information content (AvgIpc) is 2.94. The van der Waals surface area contributed by atoms with E-state index in [1.54, 1.807) is 15.8 Å². The van der Waals surface area contributed by atoms with Gasteiger partial charge in [-0.3, -0.25) is 9.48 Å². The molecule has 1 aromatic heterocycles. The third-order valence-electron chi connectivity index (χ3n) is 3.83. The number of rotatable bonds is 6. The summed E-state index contributed by atoms with van der Waals surface area (Å²) in [4.78, 5) is 14.8. The van der Waals surface area contributed by atoms with E-state index in [1.807, 2.05) is 51.2 Å². The van der Waals surface area contributed by atoms with Crippen LogP contribution in [0.5, 0.6) is 0 Å². The van der Waals surface area contributed by atoms with Gasteiger partial charge >= 0.3 is 0 Å². The summed E-state index contributed by atoms with van der Waals surface area (Å²) in [7, 11) is 0. The molecular weight excluding hydrogens is 366 g/mol. The van der Waals surface area contributed by atoms with Gasteiger partial charge in [0.2, 0.25) is 5.91 Å². The van der Waals surface area contributed by atoms with Gasteiger partial charge in [0, 0.05) is 12.7 Å². The van der Waals surface area contributed by atoms with Crippen molar-refractivity contribution in [2.24, 2.45) is 5.92 Å². The Morgan fingerprint density at radius 3 is 2.54 bits per heavy atom. The van der Waals surface area contributed by atoms with Crippen LogP contribution in [0, 0.1) is 25.2 Å². The Morgan fingerprint density at radius 2 is 2.04 bits per heavy atom. The second kappa shape index (κ2) is 8.16. The van der Waals surface area contributed by atoms with Gasteiger partial charge in [-0.25, -0.2) is 0 Å². The van der Waals surface area contributed by atoms with E-state index < -0.39 is 0 Å². The highest BCUT2D eigenvalue weighted by Gasteiger charge is 2.29. The van der Waals surface area contributed by atoms with Crippen LogP contribution < -0.4 is 0 Å². The van der Waals surface area contributed by atoms with Crippen LogP contribution in [0.4, 0.5) is 0 Å². The van der Waals surface area contributed by atoms with Gasteiger partial charge in [-0.15, -0.1) is 6.42 Å². The van der Waals surface area contributed by atoms with Gasteiger partial charge < -0.3 is 4.90 Å². The minimum Gasteiger partial charge on any atom is -0.325 e. The Kier molecular flexibility index (Phi) is 6.22. The zero-order valence-electron chi connectivity index (χ0n) is 14.2. The standard InChI is InChI=1S/C19H22BrN3O/c1-5-10-22(12-16-8-6-15(4)7-9-16)19(24)18(14(2)3)23-13-17(20)11-21-23/h1,6-9,11,13-14,18H,10,12H2,2-4H3. The number of carbonyl (C=O) groups is 1. The van der Waals surface area contributed by atoms with E-state index in [2.05, 4.69) is 26.9 Å². The van der Waals surface area contributed by atoms with Crippen molar-refractivity contribution in [2.75, 3.05) is 6.54 Å². The highest BCUT2D eigenvalue weighted by Crippen LogP contribution is 2.23. The van der Waals surface area contributed by atoms with Crippen LogP contribution in [0.1, 0.15) is 31.0 Å². The van der Waals surface area contributed by atoms with Crippen molar-refractivity contribution in [2.45, 2.75) is 33.4 Å². The van der Waals surface area contributed by atoms with E-state index in [4.69, 9.17) is 6.42 Å². The van der Waals surface area contributed by atoms with Gasteiger partial charge in [-0.2, -0.15) is 5.10 Å². The Bertz CT molecular complexity index is 728. The van der Waals surface area contributed by atoms with E-state index in [9.17, 15) is 4.79 Å². The summed E-state index contributed by atoms with van der Waals surface area (Å²) in [5.74, 6) is 2.68. The van der Waals surface area contributed by atoms with Crippen molar-refractivity contribution < 1.29 is 4.79 Å². The summed E-state index contributed by atoms with van der Waals surface area (Å²) in [6, 6.07) is 7.76. The summed E-state index contributed by atoms with van der Waals surface area (Å²) in [5, 5.41) is 4.29. The number of aryl methyl sites for hydroxylation is 1. The molecule has 126 valence electrons. The number of halogens is 1. The topological polar surface area (TPSA) is 38.1 Å². The van der Waals surface area contributed by atoms with Gasteiger partial charge in [0.15, 0.2) is 0 Å². The van der Waals surface area contributed by atoms with Gasteiger partial charge in [0.25, 0.3) is 0 Å². The third-order valence-corrected chi connectivity index (χ3v) is 4.24. The minimum absolute atomic E-state index is 0.0147. The van der Waals surface area contributed by atoms with Gasteiger partial charge in [0.1, 0.15) is 6.04 Å². The first-order chi connectivity index (χ1) is 11.4. The molecule has 0 saturated carbocycles. The second-order valence-corrected chi connectivity index (χ2v) is 7.13. The summed E-state index contributed by atoms with van der Waals surface area (Å²) >= 11 is 3.39. The van der Waals surface area contributed by atoms with Crippen LogP contribution >= 0.6 is 15.9 Å². The van der Waals surface area contributed by atoms with E-state index in [-0.39, 0.29) is 24.4 Å². The molecule has 0 radical (unpaired) electrons. The fourth-order valence-corrected chi connectivity index (χ4v) is 2.89. The first kappa shape index (κ1) is 18.3. The molecule has 1 atom stereocenters. The molecule has 24 heavy (non-hydrogen) atoms. The van der Waals surface area contributed by atoms with Crippen LogP contribution in [0.15, 0.2) is 41.1 Å². The van der Waals surface area contributed by atoms with E-state index in [1.165, 1.54) is 5.56 Å². The molecule has 0 aliphatic heterocycles. The molecule has 1 heterocycles. The Morgan fingerprint density at radius 1 is 1.38 bits per heavy atom. The smallest absolute Gasteiger partial charge is 0.248 e. The molecule has 1 aromatic carbocycles. The number of nitrogens with zero attached hydrogens (tertiary/aromatic N) is 3. The number of aromatic nitrogens is 2. The molecule has 0 bridgehead atoms. The lowest BCUT2D eigenvalue weighted by atomic mass is 10.0. The number of terminal acetylenes is 1. The fraction of sp³-hybridized carbons (Fsp3) is 0.368. The molecule has 0 aliphatic carbocycles. The van der Waals surface area contributed by atoms with Gasteiger partial charge in [0.05, 0.1) is 17.2 Å². The molecule has 0 aliphatic rings. The quantitative estimate of drug-likeness (QED) is 0.706. The van der Waals surface area contributed by atoms with Crippen LogP contribution in [-0.4, -0.2) is 27.1 Å². The molecule has 0 saturated heterocycles. The maximum atomic E-state index is 13.1. The van der Waals surface area contributed by atoms with Crippen LogP contribution in [0.2, 0.25) is 0 Å². The maximum Gasteiger partial charge on any atom is 0.248 e. The molecule has 2 aromatic rings. The molecule has 2 rings (SSSR count). The Labute approximate surface area is 152 Å². The van der Waals surface area contributed by atoms with Crippen LogP contribution in [0.3, 0.4) is 0 Å². The van der Waals surface area contributed by atoms with Crippen LogP contribution in [-0.2, 0) is 11.3 Å². The van der Waals surface area contributed by atoms with Crippen molar-refractivity contribution >= 4 is 21.8 Å². The molecule has 1 amide bonds. The highest BCUT2D eigenvalue weighted by molar-refractivity contribution is 9.10. The normalized spacial score (nSPS) is 12.0. The summed E-state index contributed by atoms with van der Waals surface area (Å²) in [6.45, 7) is 6.84. The number of amides is 1. The van der Waals surface area contributed by atoms with Gasteiger partial charge in [-0.1, -0.05) is 49.6 Å². The van der Waals surface area contributed by atoms with Crippen molar-refractivity contribution in [3.63, 3.8) is 0 Å². The molecular formula is C19H22BrN3O. The highest BCUT2D eigenvalue weighted by atomic mass is 79.9. The zero-order valence-corrected chi connectivity index (χ0v) is 15.8. The minimum atomic E-state index is -0.380. The lowest BCUT2D eigenvalue weighted by molar-refractivity contribution is -0.136. The lowest BCUT2D eigenvalue weighted by Crippen LogP contribution is -2.39. The number of hydrogen-bond acceptors (Lipinski definition) is 2. The zero-order chi connectivity index (χ0) is 17.7. The van der Waals surface area contributed by atoms with E-state index >= 15 is 0 Å². The van der Waals surface area contributed by atoms with E-state index in [0.29, 0.717) is 6.54 Å². The molecule has 5 heteroatoms. The SMILES string of the molecule is C#CCN(Cc1ccc(C)cc1)C(=O)C(C(C)C)n1cc(Br)cn1. The predicted octanol–water partition coefficient (Wildman–Crippen LogP) is 3.81. The van der Waals surface area contributed by atoms with Crippen molar-refractivity contribution in [1.82, 2.24) is 14.7 Å². The number of benzene rings is 1. The lowest BCUT2D eigenvalue weighted by Gasteiger charge is -2.28. The summed E-state index contributed by atoms with van der Waals surface area (Å²) in [6.07, 6.45) is 9.00. The monoisotopic (exact) mass is 387 g/mol. The molecule has 0 N–H and O–H groups in total. The molecule has 0 spiro atoms. The fourth-order valence-electron chi connectivity index (χ4n) is 2.59. The predicted molar refractivity (Wildman–Crippen MR) is 99.2 cm³/mol. The first-order valence-electron chi connectivity index (χ1n) is 7.89. The van der Waals surface area contributed by atoms with Crippen molar-refractivity contribution in [3.8, 4) is 12.3 Å². The van der Waals surface area contributed by atoms with E-state index in [0.717, 1.165) is 10.0 Å². The van der Waals surface area contributed by atoms with Crippen molar-refractivity contribution in [3.05, 3.63) is 52.3 Å². The summed E-state index contributed by atoms with van der Waals surface area (Å²) < 4.78 is 2.55. The molecule has 1 unspecified atom stereocenters. The Hall–Kier alpha value is -2.06. The largest absolute Gasteiger partial charge is 0.325 e.